The van der Waals surface area contributed by atoms with Crippen molar-refractivity contribution in [1.29, 1.82) is 0 Å². The van der Waals surface area contributed by atoms with Crippen LogP contribution in [0.1, 0.15) is 46.2 Å². The van der Waals surface area contributed by atoms with E-state index < -0.39 is 5.41 Å². The molecule has 0 aliphatic heterocycles. The lowest BCUT2D eigenvalue weighted by atomic mass is 9.56. The van der Waals surface area contributed by atoms with Crippen molar-refractivity contribution in [2.24, 2.45) is 0 Å². The Labute approximate surface area is 343 Å². The summed E-state index contributed by atoms with van der Waals surface area (Å²) in [5.74, 6) is 0.781. The largest absolute Gasteiger partial charge is 0.306 e. The summed E-state index contributed by atoms with van der Waals surface area (Å²) in [5.41, 5.74) is 13.2. The second-order valence-electron chi connectivity index (χ2n) is 16.3. The molecular formula is C56H39N3. The third-order valence-electron chi connectivity index (χ3n) is 13.3. The van der Waals surface area contributed by atoms with Gasteiger partial charge in [-0.05, 0) is 62.4 Å². The van der Waals surface area contributed by atoms with Crippen LogP contribution in [0.15, 0.2) is 206 Å². The van der Waals surface area contributed by atoms with Gasteiger partial charge in [0.15, 0.2) is 5.82 Å². The van der Waals surface area contributed by atoms with Gasteiger partial charge in [0.1, 0.15) is 0 Å². The number of nitrogens with zero attached hydrogens (tertiary/aromatic N) is 3. The van der Waals surface area contributed by atoms with E-state index in [1.807, 2.05) is 24.4 Å². The average molecular weight is 754 g/mol. The molecule has 10 aromatic rings. The topological polar surface area (TPSA) is 30.7 Å². The molecule has 2 aromatic heterocycles. The summed E-state index contributed by atoms with van der Waals surface area (Å²) in [6.45, 7) is 2.47. The van der Waals surface area contributed by atoms with Gasteiger partial charge >= 0.3 is 0 Å². The molecule has 278 valence electrons. The van der Waals surface area contributed by atoms with Crippen molar-refractivity contribution >= 4 is 38.7 Å². The van der Waals surface area contributed by atoms with Crippen molar-refractivity contribution in [3.05, 3.63) is 240 Å². The third kappa shape index (κ3) is 4.76. The zero-order chi connectivity index (χ0) is 39.1. The first-order valence-electron chi connectivity index (χ1n) is 20.5. The molecule has 0 fully saturated rings. The minimum atomic E-state index is -0.548. The van der Waals surface area contributed by atoms with E-state index in [1.165, 1.54) is 54.9 Å². The SMILES string of the molecule is CC12C=Cc3ccccc3C1C(c1ccccc1)(c1ccccc1)c1c2ccc2c1c1cc3ccccc3cc1n2-c1cnc(-c2ccccc2)nc1-c1ccccc1. The minimum Gasteiger partial charge on any atom is -0.306 e. The van der Waals surface area contributed by atoms with Gasteiger partial charge in [-0.2, -0.15) is 0 Å². The average Bonchev–Trinajstić information content (AvgIpc) is 3.76. The maximum atomic E-state index is 5.40. The van der Waals surface area contributed by atoms with Crippen LogP contribution in [0.2, 0.25) is 0 Å². The number of hydrogen-bond donors (Lipinski definition) is 0. The van der Waals surface area contributed by atoms with Gasteiger partial charge in [-0.25, -0.2) is 9.97 Å². The van der Waals surface area contributed by atoms with E-state index in [1.54, 1.807) is 0 Å². The highest BCUT2D eigenvalue weighted by Crippen LogP contribution is 2.68. The molecule has 2 heterocycles. The predicted molar refractivity (Wildman–Crippen MR) is 243 cm³/mol. The molecule has 2 aliphatic rings. The minimum absolute atomic E-state index is 0.0776. The lowest BCUT2D eigenvalue weighted by Gasteiger charge is -2.45. The van der Waals surface area contributed by atoms with Crippen molar-refractivity contribution < 1.29 is 0 Å². The van der Waals surface area contributed by atoms with E-state index in [2.05, 4.69) is 200 Å². The second kappa shape index (κ2) is 12.8. The third-order valence-corrected chi connectivity index (χ3v) is 13.3. The van der Waals surface area contributed by atoms with Gasteiger partial charge in [-0.1, -0.05) is 195 Å². The van der Waals surface area contributed by atoms with Crippen LogP contribution in [-0.2, 0) is 10.8 Å². The highest BCUT2D eigenvalue weighted by Gasteiger charge is 2.61. The fraction of sp³-hybridized carbons (Fsp3) is 0.0714. The molecule has 2 atom stereocenters. The smallest absolute Gasteiger partial charge is 0.159 e. The number of hydrogen-bond acceptors (Lipinski definition) is 2. The lowest BCUT2D eigenvalue weighted by molar-refractivity contribution is 0.400. The summed E-state index contributed by atoms with van der Waals surface area (Å²) in [6.07, 6.45) is 6.90. The Morgan fingerprint density at radius 1 is 0.559 bits per heavy atom. The molecule has 0 radical (unpaired) electrons. The van der Waals surface area contributed by atoms with Gasteiger partial charge in [0.05, 0.1) is 34.0 Å². The summed E-state index contributed by atoms with van der Waals surface area (Å²) in [6, 6.07) is 70.9. The van der Waals surface area contributed by atoms with Gasteiger partial charge < -0.3 is 4.57 Å². The summed E-state index contributed by atoms with van der Waals surface area (Å²) in [4.78, 5) is 10.5. The molecule has 12 rings (SSSR count). The lowest BCUT2D eigenvalue weighted by Crippen LogP contribution is -2.40. The maximum Gasteiger partial charge on any atom is 0.159 e. The van der Waals surface area contributed by atoms with E-state index in [9.17, 15) is 0 Å². The predicted octanol–water partition coefficient (Wildman–Crippen LogP) is 13.5. The molecule has 0 saturated carbocycles. The molecular weight excluding hydrogens is 715 g/mol. The highest BCUT2D eigenvalue weighted by molar-refractivity contribution is 6.16. The van der Waals surface area contributed by atoms with Gasteiger partial charge in [0.25, 0.3) is 0 Å². The Hall–Kier alpha value is -7.36. The quantitative estimate of drug-likeness (QED) is 0.175. The first kappa shape index (κ1) is 33.7. The van der Waals surface area contributed by atoms with Crippen LogP contribution in [0, 0.1) is 0 Å². The molecule has 2 aliphatic carbocycles. The zero-order valence-corrected chi connectivity index (χ0v) is 32.6. The van der Waals surface area contributed by atoms with Crippen LogP contribution in [0.3, 0.4) is 0 Å². The molecule has 0 bridgehead atoms. The van der Waals surface area contributed by atoms with Crippen molar-refractivity contribution in [3.8, 4) is 28.3 Å². The zero-order valence-electron chi connectivity index (χ0n) is 32.6. The number of allylic oxidation sites excluding steroid dienone is 1. The standard InChI is InChI=1S/C56H39N3/c1-55-33-32-37-18-16-17-29-44(37)53(55)56(42-25-10-4-11-26-42,43-27-12-5-13-28-43)51-46(55)30-31-47-50(51)45-34-40-23-14-15-24-41(40)35-48(45)59(47)49-36-57-54(39-21-8-3-9-22-39)58-52(49)38-19-6-2-7-20-38/h2-36,53H,1H3. The monoisotopic (exact) mass is 753 g/mol. The fourth-order valence-corrected chi connectivity index (χ4v) is 10.9. The Morgan fingerprint density at radius 3 is 1.85 bits per heavy atom. The van der Waals surface area contributed by atoms with Crippen molar-refractivity contribution in [1.82, 2.24) is 14.5 Å². The van der Waals surface area contributed by atoms with Crippen LogP contribution in [0.5, 0.6) is 0 Å². The fourth-order valence-electron chi connectivity index (χ4n) is 10.9. The van der Waals surface area contributed by atoms with Crippen LogP contribution < -0.4 is 0 Å². The van der Waals surface area contributed by atoms with Crippen molar-refractivity contribution in [2.75, 3.05) is 0 Å². The summed E-state index contributed by atoms with van der Waals surface area (Å²) in [7, 11) is 0. The molecule has 2 unspecified atom stereocenters. The molecule has 3 nitrogen and oxygen atoms in total. The normalized spacial score (nSPS) is 17.5. The van der Waals surface area contributed by atoms with Gasteiger partial charge in [0.2, 0.25) is 0 Å². The van der Waals surface area contributed by atoms with Gasteiger partial charge in [-0.15, -0.1) is 0 Å². The summed E-state index contributed by atoms with van der Waals surface area (Å²) >= 11 is 0. The summed E-state index contributed by atoms with van der Waals surface area (Å²) < 4.78 is 2.45. The Bertz CT molecular complexity index is 3240. The number of aromatic nitrogens is 3. The van der Waals surface area contributed by atoms with E-state index in [0.717, 1.165) is 33.5 Å². The first-order valence-corrected chi connectivity index (χ1v) is 20.5. The molecule has 0 N–H and O–H groups in total. The highest BCUT2D eigenvalue weighted by atomic mass is 15.0. The molecule has 3 heteroatoms. The molecule has 8 aromatic carbocycles. The molecule has 59 heavy (non-hydrogen) atoms. The van der Waals surface area contributed by atoms with Crippen molar-refractivity contribution in [2.45, 2.75) is 23.7 Å². The van der Waals surface area contributed by atoms with Crippen LogP contribution >= 0.6 is 0 Å². The Kier molecular flexibility index (Phi) is 7.34. The first-order chi connectivity index (χ1) is 29.1. The number of rotatable bonds is 5. The van der Waals surface area contributed by atoms with E-state index >= 15 is 0 Å². The van der Waals surface area contributed by atoms with Gasteiger partial charge in [0, 0.05) is 33.2 Å². The van der Waals surface area contributed by atoms with Gasteiger partial charge in [-0.3, -0.25) is 0 Å². The van der Waals surface area contributed by atoms with E-state index in [4.69, 9.17) is 9.97 Å². The summed E-state index contributed by atoms with van der Waals surface area (Å²) in [5, 5.41) is 4.90. The van der Waals surface area contributed by atoms with Crippen LogP contribution in [0.25, 0.3) is 67.0 Å². The Balaban J connectivity index is 1.28. The van der Waals surface area contributed by atoms with Crippen molar-refractivity contribution in [3.63, 3.8) is 0 Å². The van der Waals surface area contributed by atoms with E-state index in [0.29, 0.717) is 5.82 Å². The molecule has 0 spiro atoms. The number of benzene rings is 8. The molecule has 0 saturated heterocycles. The maximum absolute atomic E-state index is 5.40. The van der Waals surface area contributed by atoms with Crippen LogP contribution in [0.4, 0.5) is 0 Å². The second-order valence-corrected chi connectivity index (χ2v) is 16.3. The molecule has 0 amide bonds. The van der Waals surface area contributed by atoms with Crippen LogP contribution in [-0.4, -0.2) is 14.5 Å². The Morgan fingerprint density at radius 2 is 1.15 bits per heavy atom. The van der Waals surface area contributed by atoms with E-state index in [-0.39, 0.29) is 11.3 Å². The number of fused-ring (bicyclic) bond motifs is 10.